The van der Waals surface area contributed by atoms with Gasteiger partial charge >= 0.3 is 0 Å². The van der Waals surface area contributed by atoms with E-state index < -0.39 is 11.8 Å². The van der Waals surface area contributed by atoms with Crippen LogP contribution in [0.5, 0.6) is 0 Å². The predicted molar refractivity (Wildman–Crippen MR) is 55.4 cm³/mol. The van der Waals surface area contributed by atoms with Crippen molar-refractivity contribution in [1.82, 2.24) is 4.90 Å². The van der Waals surface area contributed by atoms with Gasteiger partial charge in [0.15, 0.2) is 0 Å². The average Bonchev–Trinajstić information content (AvgIpc) is 2.16. The van der Waals surface area contributed by atoms with Crippen molar-refractivity contribution in [1.29, 1.82) is 0 Å². The van der Waals surface area contributed by atoms with Gasteiger partial charge in [-0.05, 0) is 20.6 Å². The van der Waals surface area contributed by atoms with E-state index in [1.165, 1.54) is 0 Å². The minimum absolute atomic E-state index is 0.0652. The number of nitrogens with zero attached hydrogens (tertiary/aromatic N) is 2. The summed E-state index contributed by atoms with van der Waals surface area (Å²) in [4.78, 5) is 5.36. The van der Waals surface area contributed by atoms with Gasteiger partial charge in [0.25, 0.3) is 0 Å². The van der Waals surface area contributed by atoms with Gasteiger partial charge in [0.05, 0.1) is 18.8 Å². The molecule has 0 bridgehead atoms. The quantitative estimate of drug-likeness (QED) is 0.370. The molecule has 5 heteroatoms. The molecule has 14 heavy (non-hydrogen) atoms. The third-order valence-corrected chi connectivity index (χ3v) is 2.16. The molecular weight excluding hydrogens is 184 g/mol. The molecule has 84 valence electrons. The Balaban J connectivity index is 4.40. The number of aliphatic imine (C=N–C) groups is 1. The Labute approximate surface area is 84.7 Å². The van der Waals surface area contributed by atoms with Gasteiger partial charge in [0.1, 0.15) is 6.23 Å². The molecule has 5 nitrogen and oxygen atoms in total. The van der Waals surface area contributed by atoms with Crippen molar-refractivity contribution in [3.63, 3.8) is 0 Å². The second-order valence-electron chi connectivity index (χ2n) is 3.67. The summed E-state index contributed by atoms with van der Waals surface area (Å²) in [6, 6.07) is 0. The van der Waals surface area contributed by atoms with Crippen LogP contribution in [0.1, 0.15) is 13.8 Å². The van der Waals surface area contributed by atoms with Crippen molar-refractivity contribution in [3.8, 4) is 0 Å². The molecule has 0 amide bonds. The highest BCUT2D eigenvalue weighted by Gasteiger charge is 2.30. The van der Waals surface area contributed by atoms with Gasteiger partial charge in [0, 0.05) is 13.1 Å². The fraction of sp³-hybridized carbons (Fsp3) is 0.889. The summed E-state index contributed by atoms with van der Waals surface area (Å²) in [6.07, 6.45) is -0.848. The van der Waals surface area contributed by atoms with E-state index in [2.05, 4.69) is 11.7 Å². The first kappa shape index (κ1) is 13.5. The van der Waals surface area contributed by atoms with E-state index in [9.17, 15) is 5.11 Å². The third kappa shape index (κ3) is 3.71. The fourth-order valence-electron chi connectivity index (χ4n) is 1.14. The number of rotatable bonds is 7. The van der Waals surface area contributed by atoms with E-state index in [-0.39, 0.29) is 13.2 Å². The van der Waals surface area contributed by atoms with Crippen LogP contribution in [0.2, 0.25) is 0 Å². The third-order valence-electron chi connectivity index (χ3n) is 2.16. The SMILES string of the molecule is C=NC(C)(C)C(O)N(CCO)CCO. The summed E-state index contributed by atoms with van der Waals surface area (Å²) >= 11 is 0. The van der Waals surface area contributed by atoms with Crippen LogP contribution in [-0.2, 0) is 0 Å². The van der Waals surface area contributed by atoms with Crippen molar-refractivity contribution >= 4 is 6.72 Å². The average molecular weight is 204 g/mol. The first-order valence-electron chi connectivity index (χ1n) is 4.61. The summed E-state index contributed by atoms with van der Waals surface area (Å²) < 4.78 is 0. The van der Waals surface area contributed by atoms with Crippen LogP contribution in [0.4, 0.5) is 0 Å². The maximum absolute atomic E-state index is 9.87. The van der Waals surface area contributed by atoms with Crippen molar-refractivity contribution in [2.24, 2.45) is 4.99 Å². The molecule has 1 unspecified atom stereocenters. The molecule has 0 spiro atoms. The van der Waals surface area contributed by atoms with Crippen LogP contribution in [-0.4, -0.2) is 65.0 Å². The molecular formula is C9H20N2O3. The number of aliphatic hydroxyl groups is 3. The highest BCUT2D eigenvalue weighted by Crippen LogP contribution is 2.17. The van der Waals surface area contributed by atoms with Crippen LogP contribution >= 0.6 is 0 Å². The lowest BCUT2D eigenvalue weighted by molar-refractivity contribution is -0.0528. The van der Waals surface area contributed by atoms with Gasteiger partial charge in [-0.25, -0.2) is 0 Å². The second kappa shape index (κ2) is 6.08. The Hall–Kier alpha value is -0.490. The largest absolute Gasteiger partial charge is 0.395 e. The zero-order valence-corrected chi connectivity index (χ0v) is 8.85. The van der Waals surface area contributed by atoms with Crippen molar-refractivity contribution in [3.05, 3.63) is 0 Å². The Morgan fingerprint density at radius 3 is 2.00 bits per heavy atom. The van der Waals surface area contributed by atoms with Gasteiger partial charge < -0.3 is 15.3 Å². The minimum atomic E-state index is -0.848. The maximum Gasteiger partial charge on any atom is 0.132 e. The molecule has 0 fully saturated rings. The molecule has 0 saturated carbocycles. The van der Waals surface area contributed by atoms with Crippen LogP contribution in [0, 0.1) is 0 Å². The summed E-state index contributed by atoms with van der Waals surface area (Å²) in [5, 5.41) is 27.4. The highest BCUT2D eigenvalue weighted by atomic mass is 16.3. The molecule has 0 aliphatic rings. The molecule has 0 aromatic heterocycles. The highest BCUT2D eigenvalue weighted by molar-refractivity contribution is 5.25. The molecule has 0 heterocycles. The summed E-state index contributed by atoms with van der Waals surface area (Å²) in [5.74, 6) is 0. The summed E-state index contributed by atoms with van der Waals surface area (Å²) in [6.45, 7) is 7.36. The van der Waals surface area contributed by atoms with Crippen molar-refractivity contribution < 1.29 is 15.3 Å². The summed E-state index contributed by atoms with van der Waals surface area (Å²) in [7, 11) is 0. The van der Waals surface area contributed by atoms with E-state index in [0.29, 0.717) is 13.1 Å². The lowest BCUT2D eigenvalue weighted by Gasteiger charge is -2.35. The Bertz CT molecular complexity index is 167. The molecule has 0 aliphatic carbocycles. The molecule has 1 atom stereocenters. The first-order chi connectivity index (χ1) is 6.49. The van der Waals surface area contributed by atoms with Gasteiger partial charge in [0.2, 0.25) is 0 Å². The van der Waals surface area contributed by atoms with Crippen LogP contribution < -0.4 is 0 Å². The predicted octanol–water partition coefficient (Wildman–Crippen LogP) is -0.929. The topological polar surface area (TPSA) is 76.3 Å². The molecule has 0 aromatic carbocycles. The van der Waals surface area contributed by atoms with Gasteiger partial charge in [-0.15, -0.1) is 0 Å². The van der Waals surface area contributed by atoms with E-state index >= 15 is 0 Å². The number of hydrogen-bond acceptors (Lipinski definition) is 5. The zero-order chi connectivity index (χ0) is 11.2. The van der Waals surface area contributed by atoms with E-state index in [0.717, 1.165) is 0 Å². The molecule has 0 aromatic rings. The smallest absolute Gasteiger partial charge is 0.132 e. The van der Waals surface area contributed by atoms with Crippen molar-refractivity contribution in [2.75, 3.05) is 26.3 Å². The lowest BCUT2D eigenvalue weighted by Crippen LogP contribution is -2.50. The summed E-state index contributed by atoms with van der Waals surface area (Å²) in [5.41, 5.74) is -0.704. The second-order valence-corrected chi connectivity index (χ2v) is 3.67. The maximum atomic E-state index is 9.87. The van der Waals surface area contributed by atoms with E-state index in [1.54, 1.807) is 18.7 Å². The zero-order valence-electron chi connectivity index (χ0n) is 8.85. The fourth-order valence-corrected chi connectivity index (χ4v) is 1.14. The number of aliphatic hydroxyl groups excluding tert-OH is 3. The van der Waals surface area contributed by atoms with Crippen LogP contribution in [0.15, 0.2) is 4.99 Å². The minimum Gasteiger partial charge on any atom is -0.395 e. The molecule has 3 N–H and O–H groups in total. The van der Waals surface area contributed by atoms with E-state index in [4.69, 9.17) is 10.2 Å². The molecule has 0 saturated heterocycles. The van der Waals surface area contributed by atoms with Crippen LogP contribution in [0.3, 0.4) is 0 Å². The normalized spacial score (nSPS) is 14.4. The molecule has 0 rings (SSSR count). The first-order valence-corrected chi connectivity index (χ1v) is 4.61. The Morgan fingerprint density at radius 2 is 1.71 bits per heavy atom. The molecule has 0 aliphatic heterocycles. The van der Waals surface area contributed by atoms with Crippen molar-refractivity contribution in [2.45, 2.75) is 25.6 Å². The Morgan fingerprint density at radius 1 is 1.29 bits per heavy atom. The molecule has 0 radical (unpaired) electrons. The monoisotopic (exact) mass is 204 g/mol. The Kier molecular flexibility index (Phi) is 5.87. The lowest BCUT2D eigenvalue weighted by atomic mass is 10.0. The van der Waals surface area contributed by atoms with Crippen LogP contribution in [0.25, 0.3) is 0 Å². The number of hydrogen-bond donors (Lipinski definition) is 3. The van der Waals surface area contributed by atoms with Gasteiger partial charge in [-0.1, -0.05) is 0 Å². The van der Waals surface area contributed by atoms with Gasteiger partial charge in [-0.3, -0.25) is 9.89 Å². The van der Waals surface area contributed by atoms with E-state index in [1.807, 2.05) is 0 Å². The van der Waals surface area contributed by atoms with Gasteiger partial charge in [-0.2, -0.15) is 0 Å². The standard InChI is InChI=1S/C9H20N2O3/c1-9(2,10-3)8(14)11(4-6-12)5-7-13/h8,12-14H,3-7H2,1-2H3.